The summed E-state index contributed by atoms with van der Waals surface area (Å²) in [6, 6.07) is 4.34. The van der Waals surface area contributed by atoms with Crippen LogP contribution < -0.4 is 5.32 Å². The zero-order chi connectivity index (χ0) is 13.0. The van der Waals surface area contributed by atoms with Crippen LogP contribution in [0.4, 0.5) is 10.1 Å². The van der Waals surface area contributed by atoms with Gasteiger partial charge in [-0.25, -0.2) is 0 Å². The Morgan fingerprint density at radius 2 is 2.22 bits per heavy atom. The van der Waals surface area contributed by atoms with Gasteiger partial charge in [0.2, 0.25) is 5.82 Å². The van der Waals surface area contributed by atoms with Gasteiger partial charge in [-0.05, 0) is 19.5 Å². The summed E-state index contributed by atoms with van der Waals surface area (Å²) in [5.74, 6) is -0.709. The first-order chi connectivity index (χ1) is 8.68. The second-order valence-electron chi connectivity index (χ2n) is 4.39. The molecule has 0 bridgehead atoms. The van der Waals surface area contributed by atoms with Crippen molar-refractivity contribution in [2.45, 2.75) is 13.0 Å². The molecule has 0 unspecified atom stereocenters. The second-order valence-corrected chi connectivity index (χ2v) is 4.39. The van der Waals surface area contributed by atoms with E-state index in [1.165, 1.54) is 12.1 Å². The minimum Gasteiger partial charge on any atom is -0.315 e. The maximum Gasteiger partial charge on any atom is 0.305 e. The lowest BCUT2D eigenvalue weighted by molar-refractivity contribution is -0.387. The van der Waals surface area contributed by atoms with Gasteiger partial charge in [0.1, 0.15) is 0 Å². The number of hydrogen-bond acceptors (Lipinski definition) is 4. The highest BCUT2D eigenvalue weighted by Gasteiger charge is 2.19. The van der Waals surface area contributed by atoms with Crippen LogP contribution in [-0.4, -0.2) is 36.0 Å². The third-order valence-corrected chi connectivity index (χ3v) is 3.08. The van der Waals surface area contributed by atoms with Crippen LogP contribution >= 0.6 is 0 Å². The van der Waals surface area contributed by atoms with E-state index in [0.717, 1.165) is 32.6 Å². The fourth-order valence-electron chi connectivity index (χ4n) is 2.13. The van der Waals surface area contributed by atoms with Gasteiger partial charge in [0.05, 0.1) is 4.92 Å². The number of nitrogens with one attached hydrogen (secondary N) is 1. The molecule has 2 rings (SSSR count). The second kappa shape index (κ2) is 5.88. The average Bonchev–Trinajstić information content (AvgIpc) is 2.60. The van der Waals surface area contributed by atoms with Crippen molar-refractivity contribution in [2.24, 2.45) is 0 Å². The third-order valence-electron chi connectivity index (χ3n) is 3.08. The van der Waals surface area contributed by atoms with Gasteiger partial charge in [0.15, 0.2) is 0 Å². The lowest BCUT2D eigenvalue weighted by Crippen LogP contribution is -2.28. The van der Waals surface area contributed by atoms with Crippen molar-refractivity contribution in [1.82, 2.24) is 10.2 Å². The zero-order valence-corrected chi connectivity index (χ0v) is 10.1. The molecule has 1 heterocycles. The summed E-state index contributed by atoms with van der Waals surface area (Å²) in [7, 11) is 0. The molecule has 1 aromatic carbocycles. The molecule has 98 valence electrons. The Balaban J connectivity index is 2.13. The predicted molar refractivity (Wildman–Crippen MR) is 65.8 cm³/mol. The van der Waals surface area contributed by atoms with Crippen LogP contribution in [0.3, 0.4) is 0 Å². The summed E-state index contributed by atoms with van der Waals surface area (Å²) in [6.45, 7) is 3.98. The normalized spacial score (nSPS) is 17.4. The number of nitrogens with zero attached hydrogens (tertiary/aromatic N) is 2. The Morgan fingerprint density at radius 1 is 1.39 bits per heavy atom. The molecular weight excluding hydrogens is 237 g/mol. The van der Waals surface area contributed by atoms with Gasteiger partial charge in [-0.15, -0.1) is 0 Å². The molecule has 5 nitrogen and oxygen atoms in total. The smallest absolute Gasteiger partial charge is 0.305 e. The Kier molecular flexibility index (Phi) is 4.22. The lowest BCUT2D eigenvalue weighted by Gasteiger charge is -2.19. The van der Waals surface area contributed by atoms with Crippen LogP contribution in [0.1, 0.15) is 12.0 Å². The SMILES string of the molecule is O=[N+]([O-])c1cccc(CN2CCCNCC2)c1F. The van der Waals surface area contributed by atoms with E-state index in [1.807, 2.05) is 0 Å². The van der Waals surface area contributed by atoms with E-state index in [9.17, 15) is 14.5 Å². The van der Waals surface area contributed by atoms with Crippen LogP contribution in [0.2, 0.25) is 0 Å². The minimum atomic E-state index is -0.709. The van der Waals surface area contributed by atoms with Crippen molar-refractivity contribution in [1.29, 1.82) is 0 Å². The first-order valence-corrected chi connectivity index (χ1v) is 6.03. The van der Waals surface area contributed by atoms with E-state index >= 15 is 0 Å². The van der Waals surface area contributed by atoms with Crippen molar-refractivity contribution in [3.8, 4) is 0 Å². The number of benzene rings is 1. The maximum atomic E-state index is 13.9. The Bertz CT molecular complexity index is 431. The van der Waals surface area contributed by atoms with Gasteiger partial charge in [-0.2, -0.15) is 4.39 Å². The van der Waals surface area contributed by atoms with E-state index in [-0.39, 0.29) is 0 Å². The zero-order valence-electron chi connectivity index (χ0n) is 10.1. The molecule has 1 aromatic rings. The molecule has 1 fully saturated rings. The number of nitro benzene ring substituents is 1. The molecule has 0 saturated carbocycles. The van der Waals surface area contributed by atoms with E-state index in [4.69, 9.17) is 0 Å². The summed E-state index contributed by atoms with van der Waals surface area (Å²) in [6.07, 6.45) is 1.01. The topological polar surface area (TPSA) is 58.4 Å². The van der Waals surface area contributed by atoms with Crippen molar-refractivity contribution in [3.05, 3.63) is 39.7 Å². The summed E-state index contributed by atoms with van der Waals surface area (Å²) in [4.78, 5) is 12.1. The predicted octanol–water partition coefficient (Wildman–Crippen LogP) is 1.53. The molecule has 0 amide bonds. The first-order valence-electron chi connectivity index (χ1n) is 6.03. The maximum absolute atomic E-state index is 13.9. The Morgan fingerprint density at radius 3 is 3.00 bits per heavy atom. The van der Waals surface area contributed by atoms with Gasteiger partial charge in [0, 0.05) is 31.3 Å². The van der Waals surface area contributed by atoms with Crippen molar-refractivity contribution in [2.75, 3.05) is 26.2 Å². The summed E-state index contributed by atoms with van der Waals surface area (Å²) in [5, 5.41) is 13.9. The fraction of sp³-hybridized carbons (Fsp3) is 0.500. The van der Waals surface area contributed by atoms with Gasteiger partial charge >= 0.3 is 5.69 Å². The standard InChI is InChI=1S/C12H16FN3O2/c13-12-10(3-1-4-11(12)16(17)18)9-15-7-2-5-14-6-8-15/h1,3-4,14H,2,5-9H2. The molecule has 1 N–H and O–H groups in total. The summed E-state index contributed by atoms with van der Waals surface area (Å²) < 4.78 is 13.9. The number of nitro groups is 1. The third kappa shape index (κ3) is 3.02. The molecular formula is C12H16FN3O2. The van der Waals surface area contributed by atoms with Crippen molar-refractivity contribution < 1.29 is 9.31 Å². The number of hydrogen-bond donors (Lipinski definition) is 1. The highest BCUT2D eigenvalue weighted by atomic mass is 19.1. The number of halogens is 1. The van der Waals surface area contributed by atoms with Crippen molar-refractivity contribution >= 4 is 5.69 Å². The van der Waals surface area contributed by atoms with Crippen LogP contribution in [0.15, 0.2) is 18.2 Å². The fourth-order valence-corrected chi connectivity index (χ4v) is 2.13. The van der Waals surface area contributed by atoms with Crippen LogP contribution in [-0.2, 0) is 6.54 Å². The minimum absolute atomic E-state index is 0.395. The first kappa shape index (κ1) is 12.9. The molecule has 18 heavy (non-hydrogen) atoms. The highest BCUT2D eigenvalue weighted by Crippen LogP contribution is 2.21. The van der Waals surface area contributed by atoms with Gasteiger partial charge in [0.25, 0.3) is 0 Å². The largest absolute Gasteiger partial charge is 0.315 e. The van der Waals surface area contributed by atoms with Crippen molar-refractivity contribution in [3.63, 3.8) is 0 Å². The molecule has 1 aliphatic rings. The average molecular weight is 253 g/mol. The monoisotopic (exact) mass is 253 g/mol. The summed E-state index contributed by atoms with van der Waals surface area (Å²) in [5.41, 5.74) is -0.0495. The molecule has 0 aromatic heterocycles. The van der Waals surface area contributed by atoms with Crippen LogP contribution in [0, 0.1) is 15.9 Å². The Labute approximate surface area is 105 Å². The molecule has 0 atom stereocenters. The molecule has 0 radical (unpaired) electrons. The lowest BCUT2D eigenvalue weighted by atomic mass is 10.1. The number of rotatable bonds is 3. The molecule has 0 spiro atoms. The van der Waals surface area contributed by atoms with E-state index < -0.39 is 16.4 Å². The van der Waals surface area contributed by atoms with Gasteiger partial charge in [-0.1, -0.05) is 12.1 Å². The van der Waals surface area contributed by atoms with Crippen LogP contribution in [0.5, 0.6) is 0 Å². The summed E-state index contributed by atoms with van der Waals surface area (Å²) >= 11 is 0. The van der Waals surface area contributed by atoms with E-state index in [1.54, 1.807) is 6.07 Å². The highest BCUT2D eigenvalue weighted by molar-refractivity contribution is 5.36. The van der Waals surface area contributed by atoms with E-state index in [2.05, 4.69) is 10.2 Å². The Hall–Kier alpha value is -1.53. The van der Waals surface area contributed by atoms with E-state index in [0.29, 0.717) is 12.1 Å². The van der Waals surface area contributed by atoms with Gasteiger partial charge in [-0.3, -0.25) is 15.0 Å². The van der Waals surface area contributed by atoms with Crippen LogP contribution in [0.25, 0.3) is 0 Å². The van der Waals surface area contributed by atoms with Gasteiger partial charge < -0.3 is 5.32 Å². The molecule has 1 aliphatic heterocycles. The molecule has 0 aliphatic carbocycles. The quantitative estimate of drug-likeness (QED) is 0.655. The molecule has 6 heteroatoms. The molecule has 1 saturated heterocycles.